The fourth-order valence-electron chi connectivity index (χ4n) is 3.38. The van der Waals surface area contributed by atoms with Gasteiger partial charge in [0, 0.05) is 23.0 Å². The van der Waals surface area contributed by atoms with Gasteiger partial charge in [-0.1, -0.05) is 25.5 Å². The van der Waals surface area contributed by atoms with Gasteiger partial charge in [-0.3, -0.25) is 4.79 Å². The summed E-state index contributed by atoms with van der Waals surface area (Å²) >= 11 is 0. The van der Waals surface area contributed by atoms with Crippen molar-refractivity contribution in [2.45, 2.75) is 53.0 Å². The number of nitrogens with two attached hydrogens (primary N) is 1. The minimum atomic E-state index is -0.399. The smallest absolute Gasteiger partial charge is 0.251 e. The van der Waals surface area contributed by atoms with Crippen LogP contribution in [0.1, 0.15) is 67.0 Å². The summed E-state index contributed by atoms with van der Waals surface area (Å²) in [5.41, 5.74) is 10.9. The number of carbonyl (C=O) groups is 1. The molecule has 4 nitrogen and oxygen atoms in total. The molecular weight excluding hydrogens is 298 g/mol. The third-order valence-electron chi connectivity index (χ3n) is 4.39. The van der Waals surface area contributed by atoms with Crippen LogP contribution in [0.2, 0.25) is 0 Å². The number of benzene rings is 1. The van der Waals surface area contributed by atoms with Crippen molar-refractivity contribution in [3.05, 3.63) is 46.8 Å². The monoisotopic (exact) mass is 323 g/mol. The Hall–Kier alpha value is -2.54. The zero-order valence-electron chi connectivity index (χ0n) is 14.9. The molecule has 2 aromatic rings. The van der Waals surface area contributed by atoms with E-state index in [0.717, 1.165) is 41.8 Å². The van der Waals surface area contributed by atoms with Crippen molar-refractivity contribution >= 4 is 5.91 Å². The molecule has 2 N–H and O–H groups in total. The van der Waals surface area contributed by atoms with Crippen molar-refractivity contribution < 1.29 is 4.79 Å². The van der Waals surface area contributed by atoms with E-state index in [0.29, 0.717) is 11.1 Å². The van der Waals surface area contributed by atoms with E-state index in [1.165, 1.54) is 0 Å². The number of carbonyl (C=O) groups excluding carboxylic acids is 1. The lowest BCUT2D eigenvalue weighted by molar-refractivity contribution is 0.1000. The molecular formula is C20H25N3O. The van der Waals surface area contributed by atoms with E-state index >= 15 is 0 Å². The molecule has 126 valence electrons. The van der Waals surface area contributed by atoms with Gasteiger partial charge in [-0.05, 0) is 51.3 Å². The van der Waals surface area contributed by atoms with Crippen LogP contribution in [0.5, 0.6) is 0 Å². The van der Waals surface area contributed by atoms with Crippen LogP contribution in [0.3, 0.4) is 0 Å². The first-order valence-electron chi connectivity index (χ1n) is 8.46. The Labute approximate surface area is 143 Å². The summed E-state index contributed by atoms with van der Waals surface area (Å²) in [5, 5.41) is 9.01. The number of aromatic nitrogens is 1. The molecule has 1 heterocycles. The Morgan fingerprint density at radius 2 is 1.92 bits per heavy atom. The molecule has 0 aliphatic heterocycles. The first kappa shape index (κ1) is 17.8. The summed E-state index contributed by atoms with van der Waals surface area (Å²) < 4.78 is 2.23. The van der Waals surface area contributed by atoms with Crippen LogP contribution in [0.15, 0.2) is 24.3 Å². The van der Waals surface area contributed by atoms with Crippen molar-refractivity contribution in [1.29, 1.82) is 5.26 Å². The third kappa shape index (κ3) is 3.21. The molecule has 24 heavy (non-hydrogen) atoms. The number of hydrogen-bond donors (Lipinski definition) is 1. The van der Waals surface area contributed by atoms with E-state index in [-0.39, 0.29) is 6.04 Å². The lowest BCUT2D eigenvalue weighted by atomic mass is 9.97. The minimum Gasteiger partial charge on any atom is -0.366 e. The molecule has 0 bridgehead atoms. The molecule has 0 aliphatic rings. The minimum absolute atomic E-state index is 0.252. The average molecular weight is 323 g/mol. The molecule has 0 fully saturated rings. The molecule has 0 aliphatic carbocycles. The topological polar surface area (TPSA) is 71.8 Å². The van der Waals surface area contributed by atoms with Crippen LogP contribution < -0.4 is 5.73 Å². The van der Waals surface area contributed by atoms with Crippen LogP contribution >= 0.6 is 0 Å². The van der Waals surface area contributed by atoms with E-state index in [1.807, 2.05) is 19.1 Å². The summed E-state index contributed by atoms with van der Waals surface area (Å²) in [5.74, 6) is -0.399. The van der Waals surface area contributed by atoms with Gasteiger partial charge in [-0.15, -0.1) is 0 Å². The first-order valence-corrected chi connectivity index (χ1v) is 8.46. The molecule has 1 amide bonds. The Morgan fingerprint density at radius 3 is 2.38 bits per heavy atom. The van der Waals surface area contributed by atoms with E-state index in [4.69, 9.17) is 11.0 Å². The Morgan fingerprint density at radius 1 is 1.29 bits per heavy atom. The standard InChI is InChI=1S/C20H25N3O/c1-5-6-7-17-19(16-10-8-15(12-21)9-11-16)18(20(22)24)14(4)23(17)13(2)3/h8-11,13H,5-7H2,1-4H3,(H2,22,24). The number of rotatable bonds is 6. The van der Waals surface area contributed by atoms with Crippen LogP contribution in [-0.2, 0) is 6.42 Å². The number of amides is 1. The van der Waals surface area contributed by atoms with Crippen molar-refractivity contribution in [1.82, 2.24) is 4.57 Å². The predicted molar refractivity (Wildman–Crippen MR) is 96.8 cm³/mol. The highest BCUT2D eigenvalue weighted by atomic mass is 16.1. The largest absolute Gasteiger partial charge is 0.366 e. The van der Waals surface area contributed by atoms with Crippen molar-refractivity contribution in [2.24, 2.45) is 5.73 Å². The van der Waals surface area contributed by atoms with E-state index in [9.17, 15) is 4.79 Å². The molecule has 4 heteroatoms. The number of nitriles is 1. The van der Waals surface area contributed by atoms with Gasteiger partial charge < -0.3 is 10.3 Å². The molecule has 0 atom stereocenters. The summed E-state index contributed by atoms with van der Waals surface area (Å²) in [4.78, 5) is 12.2. The summed E-state index contributed by atoms with van der Waals surface area (Å²) in [7, 11) is 0. The normalized spacial score (nSPS) is 10.8. The molecule has 0 radical (unpaired) electrons. The number of nitrogens with zero attached hydrogens (tertiary/aromatic N) is 2. The maximum Gasteiger partial charge on any atom is 0.251 e. The van der Waals surface area contributed by atoms with Crippen LogP contribution in [-0.4, -0.2) is 10.5 Å². The predicted octanol–water partition coefficient (Wildman–Crippen LogP) is 4.36. The molecule has 0 saturated heterocycles. The zero-order valence-corrected chi connectivity index (χ0v) is 14.9. The van der Waals surface area contributed by atoms with Gasteiger partial charge in [-0.2, -0.15) is 5.26 Å². The Balaban J connectivity index is 2.76. The second kappa shape index (κ2) is 7.35. The Bertz CT molecular complexity index is 777. The number of unbranched alkanes of at least 4 members (excludes halogenated alkanes) is 1. The van der Waals surface area contributed by atoms with E-state index < -0.39 is 5.91 Å². The van der Waals surface area contributed by atoms with Crippen LogP contribution in [0, 0.1) is 18.3 Å². The van der Waals surface area contributed by atoms with Gasteiger partial charge in [0.15, 0.2) is 0 Å². The van der Waals surface area contributed by atoms with Crippen molar-refractivity contribution in [3.8, 4) is 17.2 Å². The van der Waals surface area contributed by atoms with Gasteiger partial charge in [0.05, 0.1) is 17.2 Å². The summed E-state index contributed by atoms with van der Waals surface area (Å²) in [6.45, 7) is 8.36. The quantitative estimate of drug-likeness (QED) is 0.858. The lowest BCUT2D eigenvalue weighted by Crippen LogP contribution is -2.14. The van der Waals surface area contributed by atoms with Gasteiger partial charge in [-0.25, -0.2) is 0 Å². The average Bonchev–Trinajstić information content (AvgIpc) is 2.85. The van der Waals surface area contributed by atoms with Crippen molar-refractivity contribution in [2.75, 3.05) is 0 Å². The second-order valence-electron chi connectivity index (χ2n) is 6.40. The third-order valence-corrected chi connectivity index (χ3v) is 4.39. The summed E-state index contributed by atoms with van der Waals surface area (Å²) in [6, 6.07) is 9.75. The maximum absolute atomic E-state index is 12.2. The SMILES string of the molecule is CCCCc1c(-c2ccc(C#N)cc2)c(C(N)=O)c(C)n1C(C)C. The maximum atomic E-state index is 12.2. The fraction of sp³-hybridized carbons (Fsp3) is 0.400. The zero-order chi connectivity index (χ0) is 17.9. The second-order valence-corrected chi connectivity index (χ2v) is 6.40. The van der Waals surface area contributed by atoms with Gasteiger partial charge in [0.25, 0.3) is 5.91 Å². The fourth-order valence-corrected chi connectivity index (χ4v) is 3.38. The van der Waals surface area contributed by atoms with E-state index in [1.54, 1.807) is 12.1 Å². The Kier molecular flexibility index (Phi) is 5.46. The highest BCUT2D eigenvalue weighted by molar-refractivity contribution is 6.02. The molecule has 2 rings (SSSR count). The van der Waals surface area contributed by atoms with Gasteiger partial charge >= 0.3 is 0 Å². The molecule has 1 aromatic carbocycles. The van der Waals surface area contributed by atoms with Crippen LogP contribution in [0.4, 0.5) is 0 Å². The number of primary amides is 1. The first-order chi connectivity index (χ1) is 11.4. The van der Waals surface area contributed by atoms with Gasteiger partial charge in [0.1, 0.15) is 0 Å². The highest BCUT2D eigenvalue weighted by Crippen LogP contribution is 2.35. The molecule has 0 unspecified atom stereocenters. The van der Waals surface area contributed by atoms with E-state index in [2.05, 4.69) is 31.4 Å². The van der Waals surface area contributed by atoms with Crippen molar-refractivity contribution in [3.63, 3.8) is 0 Å². The summed E-state index contributed by atoms with van der Waals surface area (Å²) in [6.07, 6.45) is 3.04. The van der Waals surface area contributed by atoms with Crippen LogP contribution in [0.25, 0.3) is 11.1 Å². The molecule has 0 saturated carbocycles. The van der Waals surface area contributed by atoms with Gasteiger partial charge in [0.2, 0.25) is 0 Å². The highest BCUT2D eigenvalue weighted by Gasteiger charge is 2.25. The lowest BCUT2D eigenvalue weighted by Gasteiger charge is -2.16. The molecule has 0 spiro atoms. The molecule has 1 aromatic heterocycles. The number of hydrogen-bond acceptors (Lipinski definition) is 2.